The first kappa shape index (κ1) is 21.7. The number of nitro benzene ring substituents is 1. The molecule has 0 radical (unpaired) electrons. The zero-order valence-corrected chi connectivity index (χ0v) is 17.4. The lowest BCUT2D eigenvalue weighted by Gasteiger charge is -2.16. The Kier molecular flexibility index (Phi) is 6.68. The van der Waals surface area contributed by atoms with E-state index in [1.807, 2.05) is 12.1 Å². The normalized spacial score (nSPS) is 14.0. The smallest absolute Gasteiger partial charge is 0.282 e. The Morgan fingerprint density at radius 2 is 1.73 bits per heavy atom. The fourth-order valence-electron chi connectivity index (χ4n) is 3.32. The molecule has 0 spiro atoms. The van der Waals surface area contributed by atoms with Crippen LogP contribution in [0.15, 0.2) is 42.5 Å². The highest BCUT2D eigenvalue weighted by Crippen LogP contribution is 2.26. The molecule has 0 atom stereocenters. The van der Waals surface area contributed by atoms with Gasteiger partial charge in [0.2, 0.25) is 10.0 Å². The number of hydrogen-bond acceptors (Lipinski definition) is 6. The zero-order valence-electron chi connectivity index (χ0n) is 16.6. The Morgan fingerprint density at radius 3 is 2.33 bits per heavy atom. The van der Waals surface area contributed by atoms with Gasteiger partial charge in [0.25, 0.3) is 11.6 Å². The molecule has 1 aliphatic heterocycles. The van der Waals surface area contributed by atoms with E-state index in [1.54, 1.807) is 23.1 Å². The molecule has 30 heavy (non-hydrogen) atoms. The molecule has 0 bridgehead atoms. The molecule has 1 aliphatic rings. The molecule has 0 saturated carbocycles. The van der Waals surface area contributed by atoms with E-state index in [4.69, 9.17) is 0 Å². The van der Waals surface area contributed by atoms with Crippen LogP contribution in [0.4, 0.5) is 11.4 Å². The summed E-state index contributed by atoms with van der Waals surface area (Å²) in [5.74, 6) is -0.417. The molecule has 1 heterocycles. The summed E-state index contributed by atoms with van der Waals surface area (Å²) in [5, 5.41) is 14.5. The van der Waals surface area contributed by atoms with E-state index < -0.39 is 14.9 Å². The van der Waals surface area contributed by atoms with Gasteiger partial charge < -0.3 is 10.2 Å². The average Bonchev–Trinajstić information content (AvgIpc) is 3.27. The van der Waals surface area contributed by atoms with Crippen LogP contribution in [0.1, 0.15) is 34.3 Å². The van der Waals surface area contributed by atoms with Crippen LogP contribution in [0.25, 0.3) is 0 Å². The molecule has 160 valence electrons. The minimum absolute atomic E-state index is 0.0829. The van der Waals surface area contributed by atoms with Crippen LogP contribution >= 0.6 is 0 Å². The highest BCUT2D eigenvalue weighted by Gasteiger charge is 2.26. The second kappa shape index (κ2) is 9.23. The first-order valence-electron chi connectivity index (χ1n) is 9.60. The highest BCUT2D eigenvalue weighted by atomic mass is 32.2. The molecule has 2 aromatic rings. The number of sulfonamides is 1. The average molecular weight is 433 g/mol. The summed E-state index contributed by atoms with van der Waals surface area (Å²) in [6.45, 7) is 1.65. The summed E-state index contributed by atoms with van der Waals surface area (Å²) in [6, 6.07) is 11.6. The number of amides is 1. The predicted octanol–water partition coefficient (Wildman–Crippen LogP) is 2.49. The molecule has 3 rings (SSSR count). The van der Waals surface area contributed by atoms with E-state index in [0.717, 1.165) is 18.4 Å². The number of nitrogens with one attached hydrogen (secondary N) is 2. The topological polar surface area (TPSA) is 122 Å². The third kappa shape index (κ3) is 5.33. The van der Waals surface area contributed by atoms with Crippen LogP contribution in [0, 0.1) is 10.1 Å². The largest absolute Gasteiger partial charge is 0.381 e. The van der Waals surface area contributed by atoms with Crippen molar-refractivity contribution in [2.45, 2.75) is 25.1 Å². The van der Waals surface area contributed by atoms with Crippen molar-refractivity contribution >= 4 is 27.3 Å². The van der Waals surface area contributed by atoms with Crippen molar-refractivity contribution in [1.82, 2.24) is 9.62 Å². The lowest BCUT2D eigenvalue weighted by molar-refractivity contribution is -0.385. The molecule has 0 aromatic heterocycles. The number of anilines is 1. The number of likely N-dealkylation sites (tertiary alicyclic amines) is 1. The number of carbonyl (C=O) groups excluding carboxylic acids is 1. The van der Waals surface area contributed by atoms with Crippen LogP contribution < -0.4 is 10.0 Å². The third-order valence-corrected chi connectivity index (χ3v) is 6.34. The van der Waals surface area contributed by atoms with Crippen molar-refractivity contribution in [3.8, 4) is 0 Å². The van der Waals surface area contributed by atoms with Gasteiger partial charge in [0, 0.05) is 31.4 Å². The Morgan fingerprint density at radius 1 is 1.10 bits per heavy atom. The predicted molar refractivity (Wildman–Crippen MR) is 114 cm³/mol. The van der Waals surface area contributed by atoms with Gasteiger partial charge in [-0.3, -0.25) is 14.9 Å². The second-order valence-corrected chi connectivity index (χ2v) is 9.05. The number of hydrogen-bond donors (Lipinski definition) is 2. The molecular weight excluding hydrogens is 408 g/mol. The van der Waals surface area contributed by atoms with E-state index >= 15 is 0 Å². The first-order chi connectivity index (χ1) is 14.3. The second-order valence-electron chi connectivity index (χ2n) is 7.12. The van der Waals surface area contributed by atoms with Gasteiger partial charge in [-0.05, 0) is 43.1 Å². The molecule has 2 N–H and O–H groups in total. The summed E-state index contributed by atoms with van der Waals surface area (Å²) in [4.78, 5) is 25.2. The number of rotatable bonds is 8. The molecule has 10 heteroatoms. The quantitative estimate of drug-likeness (QED) is 0.488. The SMILES string of the molecule is CNS(=O)(=O)Cc1ccc(CNc2ccc([N+](=O)[O-])c(C(=O)N3CCCC3)c2)cc1. The van der Waals surface area contributed by atoms with Gasteiger partial charge in [-0.1, -0.05) is 24.3 Å². The van der Waals surface area contributed by atoms with Crippen LogP contribution in [-0.2, 0) is 22.3 Å². The van der Waals surface area contributed by atoms with E-state index in [1.165, 1.54) is 19.2 Å². The fourth-order valence-corrected chi connectivity index (χ4v) is 4.09. The maximum absolute atomic E-state index is 12.7. The standard InChI is InChI=1S/C20H24N4O5S/c1-21-30(28,29)14-16-6-4-15(5-7-16)13-22-17-8-9-19(24(26)27)18(12-17)20(25)23-10-2-3-11-23/h4-9,12,21-22H,2-3,10-11,13-14H2,1H3. The molecule has 1 amide bonds. The lowest BCUT2D eigenvalue weighted by atomic mass is 10.1. The van der Waals surface area contributed by atoms with E-state index in [0.29, 0.717) is 30.9 Å². The van der Waals surface area contributed by atoms with Crippen LogP contribution in [0.5, 0.6) is 0 Å². The lowest BCUT2D eigenvalue weighted by Crippen LogP contribution is -2.28. The van der Waals surface area contributed by atoms with E-state index in [9.17, 15) is 23.3 Å². The van der Waals surface area contributed by atoms with Gasteiger partial charge in [-0.2, -0.15) is 0 Å². The number of nitro groups is 1. The van der Waals surface area contributed by atoms with Crippen molar-refractivity contribution in [3.05, 3.63) is 69.3 Å². The van der Waals surface area contributed by atoms with Crippen LogP contribution in [-0.4, -0.2) is 44.3 Å². The maximum atomic E-state index is 12.7. The number of carbonyl (C=O) groups is 1. The Bertz CT molecular complexity index is 1030. The fraction of sp³-hybridized carbons (Fsp3) is 0.350. The van der Waals surface area contributed by atoms with Crippen molar-refractivity contribution < 1.29 is 18.1 Å². The van der Waals surface area contributed by atoms with Crippen molar-refractivity contribution in [3.63, 3.8) is 0 Å². The van der Waals surface area contributed by atoms with Gasteiger partial charge in [-0.25, -0.2) is 13.1 Å². The van der Waals surface area contributed by atoms with Gasteiger partial charge in [-0.15, -0.1) is 0 Å². The molecule has 0 aliphatic carbocycles. The maximum Gasteiger partial charge on any atom is 0.282 e. The Balaban J connectivity index is 1.71. The number of nitrogens with zero attached hydrogens (tertiary/aromatic N) is 2. The zero-order chi connectivity index (χ0) is 21.7. The minimum Gasteiger partial charge on any atom is -0.381 e. The minimum atomic E-state index is -3.33. The summed E-state index contributed by atoms with van der Waals surface area (Å²) in [6.07, 6.45) is 1.81. The summed E-state index contributed by atoms with van der Waals surface area (Å²) in [7, 11) is -1.95. The molecule has 1 fully saturated rings. The monoisotopic (exact) mass is 432 g/mol. The Hall–Kier alpha value is -2.98. The van der Waals surface area contributed by atoms with Crippen molar-refractivity contribution in [2.24, 2.45) is 0 Å². The van der Waals surface area contributed by atoms with E-state index in [2.05, 4.69) is 10.0 Å². The summed E-state index contributed by atoms with van der Waals surface area (Å²) in [5.41, 5.74) is 2.06. The molecule has 1 saturated heterocycles. The van der Waals surface area contributed by atoms with Gasteiger partial charge in [0.1, 0.15) is 5.56 Å². The molecule has 2 aromatic carbocycles. The molecule has 0 unspecified atom stereocenters. The highest BCUT2D eigenvalue weighted by molar-refractivity contribution is 7.88. The summed E-state index contributed by atoms with van der Waals surface area (Å²) >= 11 is 0. The van der Waals surface area contributed by atoms with Crippen LogP contribution in [0.3, 0.4) is 0 Å². The first-order valence-corrected chi connectivity index (χ1v) is 11.2. The van der Waals surface area contributed by atoms with E-state index in [-0.39, 0.29) is 22.9 Å². The molecular formula is C20H24N4O5S. The Labute approximate surface area is 175 Å². The van der Waals surface area contributed by atoms with Crippen LogP contribution in [0.2, 0.25) is 0 Å². The third-order valence-electron chi connectivity index (χ3n) is 5.00. The van der Waals surface area contributed by atoms with Gasteiger partial charge >= 0.3 is 0 Å². The van der Waals surface area contributed by atoms with Gasteiger partial charge in [0.15, 0.2) is 0 Å². The van der Waals surface area contributed by atoms with Crippen molar-refractivity contribution in [1.29, 1.82) is 0 Å². The van der Waals surface area contributed by atoms with Gasteiger partial charge in [0.05, 0.1) is 10.7 Å². The number of benzene rings is 2. The molecule has 9 nitrogen and oxygen atoms in total. The summed E-state index contributed by atoms with van der Waals surface area (Å²) < 4.78 is 25.5. The van der Waals surface area contributed by atoms with Crippen molar-refractivity contribution in [2.75, 3.05) is 25.5 Å².